The van der Waals surface area contributed by atoms with Crippen LogP contribution in [0.1, 0.15) is 15.4 Å². The Hall–Kier alpha value is -1.72. The van der Waals surface area contributed by atoms with Crippen LogP contribution in [0.3, 0.4) is 0 Å². The lowest BCUT2D eigenvalue weighted by molar-refractivity contribution is -0.131. The van der Waals surface area contributed by atoms with Gasteiger partial charge in [0, 0.05) is 21.6 Å². The molecule has 1 N–H and O–H groups in total. The molecule has 1 aromatic carbocycles. The van der Waals surface area contributed by atoms with Gasteiger partial charge in [0.2, 0.25) is 0 Å². The second kappa shape index (κ2) is 6.45. The van der Waals surface area contributed by atoms with Crippen LogP contribution in [0.25, 0.3) is 18.2 Å². The predicted octanol–water partition coefficient (Wildman–Crippen LogP) is 4.17. The number of carbonyl (C=O) groups is 1. The van der Waals surface area contributed by atoms with Gasteiger partial charge in [-0.1, -0.05) is 34.1 Å². The number of benzene rings is 1. The number of aromatic nitrogens is 1. The normalized spacial score (nSPS) is 11.4. The summed E-state index contributed by atoms with van der Waals surface area (Å²) in [6.45, 7) is 0. The Kier molecular flexibility index (Phi) is 4.65. The minimum atomic E-state index is -0.959. The van der Waals surface area contributed by atoms with Gasteiger partial charge in [0.1, 0.15) is 5.01 Å². The zero-order valence-electron chi connectivity index (χ0n) is 9.79. The molecule has 0 atom stereocenters. The maximum atomic E-state index is 10.4. The molecule has 3 nitrogen and oxygen atoms in total. The van der Waals surface area contributed by atoms with E-state index in [0.29, 0.717) is 0 Å². The number of thiazole rings is 1. The summed E-state index contributed by atoms with van der Waals surface area (Å²) >= 11 is 4.85. The highest BCUT2D eigenvalue weighted by molar-refractivity contribution is 9.10. The molecule has 96 valence electrons. The number of hydrogen-bond donors (Lipinski definition) is 1. The molecule has 0 bridgehead atoms. The summed E-state index contributed by atoms with van der Waals surface area (Å²) in [5.74, 6) is -0.959. The predicted molar refractivity (Wildman–Crippen MR) is 81.9 cm³/mol. The summed E-state index contributed by atoms with van der Waals surface area (Å²) in [6, 6.07) is 7.94. The topological polar surface area (TPSA) is 50.2 Å². The van der Waals surface area contributed by atoms with E-state index in [2.05, 4.69) is 20.9 Å². The third kappa shape index (κ3) is 4.46. The van der Waals surface area contributed by atoms with Gasteiger partial charge in [-0.3, -0.25) is 0 Å². The Morgan fingerprint density at radius 1 is 1.32 bits per heavy atom. The van der Waals surface area contributed by atoms with Gasteiger partial charge in [0.25, 0.3) is 0 Å². The molecule has 0 unspecified atom stereocenters. The van der Waals surface area contributed by atoms with Crippen molar-refractivity contribution in [1.82, 2.24) is 4.98 Å². The maximum Gasteiger partial charge on any atom is 0.328 e. The fourth-order valence-corrected chi connectivity index (χ4v) is 2.53. The van der Waals surface area contributed by atoms with Gasteiger partial charge in [-0.25, -0.2) is 9.78 Å². The van der Waals surface area contributed by atoms with Crippen LogP contribution in [0.4, 0.5) is 0 Å². The fraction of sp³-hybridized carbons (Fsp3) is 0. The van der Waals surface area contributed by atoms with Gasteiger partial charge in [0.05, 0.1) is 0 Å². The van der Waals surface area contributed by atoms with Crippen LogP contribution in [0.5, 0.6) is 0 Å². The summed E-state index contributed by atoms with van der Waals surface area (Å²) in [5.41, 5.74) is 1.08. The van der Waals surface area contributed by atoms with E-state index >= 15 is 0 Å². The van der Waals surface area contributed by atoms with Gasteiger partial charge in [0.15, 0.2) is 0 Å². The quantitative estimate of drug-likeness (QED) is 0.853. The van der Waals surface area contributed by atoms with Crippen LogP contribution < -0.4 is 0 Å². The van der Waals surface area contributed by atoms with Crippen molar-refractivity contribution >= 4 is 51.5 Å². The van der Waals surface area contributed by atoms with Crippen molar-refractivity contribution in [2.24, 2.45) is 0 Å². The molecule has 0 fully saturated rings. The minimum absolute atomic E-state index is 0.816. The number of rotatable bonds is 4. The number of carboxylic acids is 1. The lowest BCUT2D eigenvalue weighted by Gasteiger charge is -1.93. The lowest BCUT2D eigenvalue weighted by Crippen LogP contribution is -1.84. The fourth-order valence-electron chi connectivity index (χ4n) is 1.39. The smallest absolute Gasteiger partial charge is 0.328 e. The monoisotopic (exact) mass is 335 g/mol. The Morgan fingerprint density at radius 3 is 2.89 bits per heavy atom. The SMILES string of the molecule is O=C(O)/C=C/c1cnc(/C=C\c2cccc(Br)c2)s1. The van der Waals surface area contributed by atoms with Crippen LogP contribution >= 0.6 is 27.3 Å². The first-order valence-corrected chi connectivity index (χ1v) is 7.05. The Labute approximate surface area is 123 Å². The van der Waals surface area contributed by atoms with Crippen molar-refractivity contribution in [2.75, 3.05) is 0 Å². The van der Waals surface area contributed by atoms with Gasteiger partial charge in [-0.2, -0.15) is 0 Å². The summed E-state index contributed by atoms with van der Waals surface area (Å²) < 4.78 is 1.03. The zero-order chi connectivity index (χ0) is 13.7. The second-order valence-electron chi connectivity index (χ2n) is 3.66. The number of hydrogen-bond acceptors (Lipinski definition) is 3. The highest BCUT2D eigenvalue weighted by atomic mass is 79.9. The summed E-state index contributed by atoms with van der Waals surface area (Å²) in [7, 11) is 0. The Bertz CT molecular complexity index is 646. The van der Waals surface area contributed by atoms with E-state index in [1.807, 2.05) is 36.4 Å². The summed E-state index contributed by atoms with van der Waals surface area (Å²) in [5, 5.41) is 9.38. The van der Waals surface area contributed by atoms with Gasteiger partial charge in [-0.15, -0.1) is 11.3 Å². The molecule has 5 heteroatoms. The van der Waals surface area contributed by atoms with Crippen LogP contribution in [-0.2, 0) is 4.79 Å². The van der Waals surface area contributed by atoms with E-state index in [4.69, 9.17) is 5.11 Å². The molecule has 0 saturated carbocycles. The third-order valence-electron chi connectivity index (χ3n) is 2.20. The molecule has 2 aromatic rings. The van der Waals surface area contributed by atoms with E-state index in [1.54, 1.807) is 6.20 Å². The van der Waals surface area contributed by atoms with E-state index in [9.17, 15) is 4.79 Å². The Balaban J connectivity index is 2.09. The number of carboxylic acid groups (broad SMARTS) is 1. The van der Waals surface area contributed by atoms with E-state index in [-0.39, 0.29) is 0 Å². The third-order valence-corrected chi connectivity index (χ3v) is 3.62. The van der Waals surface area contributed by atoms with Crippen molar-refractivity contribution < 1.29 is 9.90 Å². The van der Waals surface area contributed by atoms with Gasteiger partial charge >= 0.3 is 5.97 Å². The van der Waals surface area contributed by atoms with Crippen molar-refractivity contribution in [3.8, 4) is 0 Å². The number of aliphatic carboxylic acids is 1. The molecule has 0 aliphatic heterocycles. The first-order valence-electron chi connectivity index (χ1n) is 5.44. The van der Waals surface area contributed by atoms with Crippen LogP contribution in [0.15, 0.2) is 41.0 Å². The molecule has 0 radical (unpaired) electrons. The van der Waals surface area contributed by atoms with Crippen molar-refractivity contribution in [1.29, 1.82) is 0 Å². The average Bonchev–Trinajstić information content (AvgIpc) is 2.82. The molecule has 0 saturated heterocycles. The molecule has 1 heterocycles. The highest BCUT2D eigenvalue weighted by Gasteiger charge is 1.97. The Morgan fingerprint density at radius 2 is 2.16 bits per heavy atom. The van der Waals surface area contributed by atoms with E-state index in [1.165, 1.54) is 17.4 Å². The van der Waals surface area contributed by atoms with E-state index < -0.39 is 5.97 Å². The molecule has 0 aliphatic rings. The molecule has 19 heavy (non-hydrogen) atoms. The summed E-state index contributed by atoms with van der Waals surface area (Å²) in [4.78, 5) is 15.4. The average molecular weight is 336 g/mol. The summed E-state index contributed by atoms with van der Waals surface area (Å²) in [6.07, 6.45) is 8.18. The number of nitrogens with zero attached hydrogens (tertiary/aromatic N) is 1. The largest absolute Gasteiger partial charge is 0.478 e. The first-order chi connectivity index (χ1) is 9.13. The first kappa shape index (κ1) is 13.7. The molecular formula is C14H10BrNO2S. The maximum absolute atomic E-state index is 10.4. The second-order valence-corrected chi connectivity index (χ2v) is 5.67. The van der Waals surface area contributed by atoms with Crippen molar-refractivity contribution in [3.63, 3.8) is 0 Å². The molecule has 0 amide bonds. The van der Waals surface area contributed by atoms with E-state index in [0.717, 1.165) is 26.0 Å². The standard InChI is InChI=1S/C14H10BrNO2S/c15-11-3-1-2-10(8-11)4-6-13-16-9-12(19-13)5-7-14(17)18/h1-9H,(H,17,18)/b6-4-,7-5+. The van der Waals surface area contributed by atoms with Crippen LogP contribution in [0, 0.1) is 0 Å². The molecule has 1 aromatic heterocycles. The molecule has 0 spiro atoms. The molecule has 0 aliphatic carbocycles. The zero-order valence-corrected chi connectivity index (χ0v) is 12.2. The molecule has 2 rings (SSSR count). The molecular weight excluding hydrogens is 326 g/mol. The van der Waals surface area contributed by atoms with Crippen LogP contribution in [-0.4, -0.2) is 16.1 Å². The van der Waals surface area contributed by atoms with Crippen molar-refractivity contribution in [3.05, 3.63) is 56.5 Å². The minimum Gasteiger partial charge on any atom is -0.478 e. The van der Waals surface area contributed by atoms with Crippen molar-refractivity contribution in [2.45, 2.75) is 0 Å². The van der Waals surface area contributed by atoms with Gasteiger partial charge in [-0.05, 0) is 29.8 Å². The highest BCUT2D eigenvalue weighted by Crippen LogP contribution is 2.18. The van der Waals surface area contributed by atoms with Gasteiger partial charge < -0.3 is 5.11 Å². The number of halogens is 1. The lowest BCUT2D eigenvalue weighted by atomic mass is 10.2. The van der Waals surface area contributed by atoms with Crippen LogP contribution in [0.2, 0.25) is 0 Å².